The summed E-state index contributed by atoms with van der Waals surface area (Å²) in [6.07, 6.45) is 1.53. The van der Waals surface area contributed by atoms with E-state index in [0.717, 1.165) is 46.8 Å². The topological polar surface area (TPSA) is 83.6 Å². The number of H-pyrrole nitrogens is 1. The molecule has 1 aliphatic rings. The van der Waals surface area contributed by atoms with Crippen LogP contribution in [0.25, 0.3) is 22.4 Å². The van der Waals surface area contributed by atoms with Crippen molar-refractivity contribution in [2.24, 2.45) is 0 Å². The lowest BCUT2D eigenvalue weighted by atomic mass is 10.2. The average Bonchev–Trinajstić information content (AvgIpc) is 3.16. The number of imidazole rings is 1. The number of aromatic nitrogens is 3. The molecular weight excluding hydrogens is 394 g/mol. The van der Waals surface area contributed by atoms with Crippen molar-refractivity contribution in [2.45, 2.75) is 33.3 Å². The number of piperazine rings is 1. The predicted molar refractivity (Wildman–Crippen MR) is 121 cm³/mol. The number of aryl methyl sites for hydroxylation is 1. The first-order chi connectivity index (χ1) is 14.7. The zero-order valence-electron chi connectivity index (χ0n) is 18.7. The highest BCUT2D eigenvalue weighted by molar-refractivity contribution is 5.83. The number of pyridine rings is 1. The second-order valence-electron chi connectivity index (χ2n) is 8.81. The number of carbonyl (C=O) groups excluding carboxylic acids is 1. The minimum absolute atomic E-state index is 0.249. The van der Waals surface area contributed by atoms with Gasteiger partial charge in [-0.1, -0.05) is 0 Å². The van der Waals surface area contributed by atoms with E-state index in [1.54, 1.807) is 18.2 Å². The monoisotopic (exact) mass is 423 g/mol. The van der Waals surface area contributed by atoms with Crippen LogP contribution in [0.3, 0.4) is 0 Å². The number of carbonyl (C=O) groups is 1. The minimum Gasteiger partial charge on any atom is -0.480 e. The Kier molecular flexibility index (Phi) is 5.47. The normalized spacial score (nSPS) is 14.7. The van der Waals surface area contributed by atoms with E-state index in [1.165, 1.54) is 0 Å². The lowest BCUT2D eigenvalue weighted by Crippen LogP contribution is -2.50. The Morgan fingerprint density at radius 1 is 1.13 bits per heavy atom. The Balaban J connectivity index is 1.51. The van der Waals surface area contributed by atoms with Gasteiger partial charge in [0.05, 0.1) is 23.7 Å². The first kappa shape index (κ1) is 21.0. The summed E-state index contributed by atoms with van der Waals surface area (Å²) in [6.45, 7) is 10.4. The largest absolute Gasteiger partial charge is 0.480 e. The van der Waals surface area contributed by atoms with Gasteiger partial charge < -0.3 is 24.3 Å². The molecule has 8 heteroatoms. The van der Waals surface area contributed by atoms with E-state index < -0.39 is 5.60 Å². The quantitative estimate of drug-likeness (QED) is 0.686. The van der Waals surface area contributed by atoms with Crippen molar-refractivity contribution in [1.29, 1.82) is 0 Å². The van der Waals surface area contributed by atoms with Gasteiger partial charge in [0.15, 0.2) is 0 Å². The van der Waals surface area contributed by atoms with Crippen molar-refractivity contribution < 1.29 is 14.3 Å². The fourth-order valence-electron chi connectivity index (χ4n) is 3.68. The Hall–Kier alpha value is -3.29. The van der Waals surface area contributed by atoms with E-state index in [2.05, 4.69) is 27.0 Å². The number of nitrogens with one attached hydrogen (secondary N) is 1. The molecule has 0 saturated carbocycles. The molecule has 3 aromatic rings. The number of fused-ring (bicyclic) bond motifs is 1. The van der Waals surface area contributed by atoms with Crippen molar-refractivity contribution in [3.8, 4) is 17.3 Å². The molecule has 8 nitrogen and oxygen atoms in total. The third-order valence-corrected chi connectivity index (χ3v) is 5.20. The third-order valence-electron chi connectivity index (χ3n) is 5.20. The van der Waals surface area contributed by atoms with E-state index in [-0.39, 0.29) is 6.09 Å². The standard InChI is InChI=1S/C23H29N5O3/c1-15-12-17(21(30-5)24-14-15)20-25-18-7-6-16(13-19(18)26-20)27-8-10-28(11-9-27)22(29)31-23(2,3)4/h6-7,12-14H,8-11H2,1-5H3,(H,25,26). The number of methoxy groups -OCH3 is 1. The number of anilines is 1. The molecule has 1 fully saturated rings. The highest BCUT2D eigenvalue weighted by Crippen LogP contribution is 2.30. The van der Waals surface area contributed by atoms with Crippen LogP contribution in [0.2, 0.25) is 0 Å². The maximum absolute atomic E-state index is 12.3. The molecule has 0 radical (unpaired) electrons. The molecule has 0 atom stereocenters. The molecule has 3 heterocycles. The van der Waals surface area contributed by atoms with Crippen molar-refractivity contribution >= 4 is 22.8 Å². The molecule has 1 saturated heterocycles. The third kappa shape index (κ3) is 4.57. The van der Waals surface area contributed by atoms with Crippen molar-refractivity contribution in [2.75, 3.05) is 38.2 Å². The number of benzene rings is 1. The first-order valence-corrected chi connectivity index (χ1v) is 10.5. The van der Waals surface area contributed by atoms with Gasteiger partial charge in [-0.05, 0) is 57.5 Å². The molecule has 31 heavy (non-hydrogen) atoms. The summed E-state index contributed by atoms with van der Waals surface area (Å²) in [6, 6.07) is 8.20. The maximum Gasteiger partial charge on any atom is 0.410 e. The smallest absolute Gasteiger partial charge is 0.410 e. The van der Waals surface area contributed by atoms with Gasteiger partial charge in [0, 0.05) is 38.1 Å². The number of amides is 1. The summed E-state index contributed by atoms with van der Waals surface area (Å²) in [7, 11) is 1.61. The van der Waals surface area contributed by atoms with Crippen LogP contribution in [0, 0.1) is 6.92 Å². The molecule has 0 spiro atoms. The Morgan fingerprint density at radius 2 is 1.87 bits per heavy atom. The van der Waals surface area contributed by atoms with Gasteiger partial charge in [-0.2, -0.15) is 0 Å². The molecule has 1 amide bonds. The minimum atomic E-state index is -0.479. The summed E-state index contributed by atoms with van der Waals surface area (Å²) >= 11 is 0. The molecule has 1 aliphatic heterocycles. The fourth-order valence-corrected chi connectivity index (χ4v) is 3.68. The number of hydrogen-bond acceptors (Lipinski definition) is 6. The van der Waals surface area contributed by atoms with Gasteiger partial charge in [0.25, 0.3) is 0 Å². The number of aromatic amines is 1. The molecule has 4 rings (SSSR count). The van der Waals surface area contributed by atoms with Gasteiger partial charge in [0.2, 0.25) is 5.88 Å². The molecule has 0 unspecified atom stereocenters. The van der Waals surface area contributed by atoms with E-state index in [9.17, 15) is 4.79 Å². The summed E-state index contributed by atoms with van der Waals surface area (Å²) < 4.78 is 10.9. The highest BCUT2D eigenvalue weighted by atomic mass is 16.6. The van der Waals surface area contributed by atoms with E-state index in [4.69, 9.17) is 14.5 Å². The Labute approximate surface area is 182 Å². The van der Waals surface area contributed by atoms with Crippen LogP contribution in [0.4, 0.5) is 10.5 Å². The zero-order valence-corrected chi connectivity index (χ0v) is 18.7. The SMILES string of the molecule is COc1ncc(C)cc1-c1nc2ccc(N3CCN(C(=O)OC(C)(C)C)CC3)cc2[nH]1. The van der Waals surface area contributed by atoms with Crippen LogP contribution in [0.1, 0.15) is 26.3 Å². The predicted octanol–water partition coefficient (Wildman–Crippen LogP) is 4.00. The van der Waals surface area contributed by atoms with Gasteiger partial charge in [-0.3, -0.25) is 0 Å². The average molecular weight is 424 g/mol. The number of ether oxygens (including phenoxy) is 2. The Bertz CT molecular complexity index is 1090. The number of rotatable bonds is 3. The molecule has 164 valence electrons. The van der Waals surface area contributed by atoms with Gasteiger partial charge in [-0.15, -0.1) is 0 Å². The molecular formula is C23H29N5O3. The molecule has 1 aromatic carbocycles. The van der Waals surface area contributed by atoms with Crippen molar-refractivity contribution in [1.82, 2.24) is 19.9 Å². The summed E-state index contributed by atoms with van der Waals surface area (Å²) in [5.74, 6) is 1.28. The van der Waals surface area contributed by atoms with Crippen molar-refractivity contribution in [3.05, 3.63) is 36.0 Å². The summed E-state index contributed by atoms with van der Waals surface area (Å²) in [4.78, 5) is 28.8. The van der Waals surface area contributed by atoms with Crippen LogP contribution in [0.5, 0.6) is 5.88 Å². The highest BCUT2D eigenvalue weighted by Gasteiger charge is 2.26. The summed E-state index contributed by atoms with van der Waals surface area (Å²) in [5, 5.41) is 0. The molecule has 2 aromatic heterocycles. The molecule has 0 bridgehead atoms. The van der Waals surface area contributed by atoms with Gasteiger partial charge in [-0.25, -0.2) is 14.8 Å². The second kappa shape index (κ2) is 8.09. The Morgan fingerprint density at radius 3 is 2.55 bits per heavy atom. The van der Waals surface area contributed by atoms with Gasteiger partial charge in [0.1, 0.15) is 11.4 Å². The zero-order chi connectivity index (χ0) is 22.2. The van der Waals surface area contributed by atoms with Gasteiger partial charge >= 0.3 is 6.09 Å². The van der Waals surface area contributed by atoms with E-state index >= 15 is 0 Å². The van der Waals surface area contributed by atoms with Crippen LogP contribution in [0.15, 0.2) is 30.5 Å². The summed E-state index contributed by atoms with van der Waals surface area (Å²) in [5.41, 5.74) is 4.33. The second-order valence-corrected chi connectivity index (χ2v) is 8.81. The first-order valence-electron chi connectivity index (χ1n) is 10.5. The van der Waals surface area contributed by atoms with Crippen LogP contribution in [-0.2, 0) is 4.74 Å². The molecule has 0 aliphatic carbocycles. The van der Waals surface area contributed by atoms with Crippen LogP contribution in [-0.4, -0.2) is 64.8 Å². The lowest BCUT2D eigenvalue weighted by Gasteiger charge is -2.36. The van der Waals surface area contributed by atoms with Crippen molar-refractivity contribution in [3.63, 3.8) is 0 Å². The number of nitrogens with zero attached hydrogens (tertiary/aromatic N) is 4. The fraction of sp³-hybridized carbons (Fsp3) is 0.435. The van der Waals surface area contributed by atoms with E-state index in [0.29, 0.717) is 19.0 Å². The maximum atomic E-state index is 12.3. The van der Waals surface area contributed by atoms with E-state index in [1.807, 2.05) is 39.8 Å². The lowest BCUT2D eigenvalue weighted by molar-refractivity contribution is 0.0240. The van der Waals surface area contributed by atoms with Crippen LogP contribution >= 0.6 is 0 Å². The molecule has 1 N–H and O–H groups in total. The van der Waals surface area contributed by atoms with Crippen LogP contribution < -0.4 is 9.64 Å². The number of hydrogen-bond donors (Lipinski definition) is 1.